The van der Waals surface area contributed by atoms with E-state index in [0.717, 1.165) is 18.4 Å². The lowest BCUT2D eigenvalue weighted by Crippen LogP contribution is -2.39. The van der Waals surface area contributed by atoms with E-state index in [1.807, 2.05) is 25.1 Å². The van der Waals surface area contributed by atoms with E-state index in [4.69, 9.17) is 14.6 Å². The average Bonchev–Trinajstić information content (AvgIpc) is 3.11. The number of amides is 1. The molecule has 2 aromatic rings. The minimum absolute atomic E-state index is 0.317. The van der Waals surface area contributed by atoms with E-state index >= 15 is 0 Å². The summed E-state index contributed by atoms with van der Waals surface area (Å²) in [6, 6.07) is 13.3. The van der Waals surface area contributed by atoms with Crippen molar-refractivity contribution in [2.75, 3.05) is 11.9 Å². The number of rotatable bonds is 4. The van der Waals surface area contributed by atoms with Gasteiger partial charge in [0.15, 0.2) is 0 Å². The monoisotopic (exact) mass is 482 g/mol. The van der Waals surface area contributed by atoms with Crippen molar-refractivity contribution in [2.24, 2.45) is 5.92 Å². The standard InChI is InChI=1S/C22H25FN2O2.C2HF3O2/c1-14-6-9-19(18-4-2-3-5-20(18)23)21(10-14)25-22(26)27-13-15-11-16-7-8-17(12-15)24-16;3-2(4,5)1(6)7/h2-6,9-10,15-17,24H,7-8,11-13H2,1H3,(H,25,26);(H,6,7). The molecule has 1 amide bonds. The third-order valence-corrected chi connectivity index (χ3v) is 5.84. The SMILES string of the molecule is Cc1ccc(-c2ccccc2F)c(NC(=O)OCC2CC3CCC(C2)N3)c1.O=C(O)C(F)(F)F. The molecule has 2 unspecified atom stereocenters. The molecule has 34 heavy (non-hydrogen) atoms. The third-order valence-electron chi connectivity index (χ3n) is 5.84. The molecule has 6 nitrogen and oxygen atoms in total. The Kier molecular flexibility index (Phi) is 8.14. The second-order valence-corrected chi connectivity index (χ2v) is 8.53. The van der Waals surface area contributed by atoms with Gasteiger partial charge in [0.25, 0.3) is 0 Å². The van der Waals surface area contributed by atoms with Gasteiger partial charge in [0, 0.05) is 23.2 Å². The Bertz CT molecular complexity index is 1020. The zero-order valence-corrected chi connectivity index (χ0v) is 18.5. The molecule has 2 atom stereocenters. The summed E-state index contributed by atoms with van der Waals surface area (Å²) in [5.41, 5.74) is 2.66. The number of hydrogen-bond donors (Lipinski definition) is 3. The smallest absolute Gasteiger partial charge is 0.475 e. The lowest BCUT2D eigenvalue weighted by atomic mass is 9.93. The van der Waals surface area contributed by atoms with E-state index in [9.17, 15) is 22.4 Å². The van der Waals surface area contributed by atoms with Gasteiger partial charge >= 0.3 is 18.2 Å². The highest BCUT2D eigenvalue weighted by Crippen LogP contribution is 2.32. The number of ether oxygens (including phenoxy) is 1. The van der Waals surface area contributed by atoms with Crippen molar-refractivity contribution in [3.63, 3.8) is 0 Å². The zero-order valence-electron chi connectivity index (χ0n) is 18.5. The van der Waals surface area contributed by atoms with Gasteiger partial charge in [0.2, 0.25) is 0 Å². The molecule has 2 aromatic carbocycles. The van der Waals surface area contributed by atoms with Crippen molar-refractivity contribution in [2.45, 2.75) is 50.9 Å². The molecule has 2 fully saturated rings. The summed E-state index contributed by atoms with van der Waals surface area (Å²) in [4.78, 5) is 21.3. The number of aliphatic carboxylic acids is 1. The number of alkyl halides is 3. The predicted octanol–water partition coefficient (Wildman–Crippen LogP) is 5.51. The highest BCUT2D eigenvalue weighted by atomic mass is 19.4. The highest BCUT2D eigenvalue weighted by molar-refractivity contribution is 5.91. The lowest BCUT2D eigenvalue weighted by molar-refractivity contribution is -0.192. The maximum Gasteiger partial charge on any atom is 0.490 e. The quantitative estimate of drug-likeness (QED) is 0.500. The van der Waals surface area contributed by atoms with Crippen LogP contribution in [0.3, 0.4) is 0 Å². The van der Waals surface area contributed by atoms with Gasteiger partial charge in [-0.25, -0.2) is 14.0 Å². The van der Waals surface area contributed by atoms with Gasteiger partial charge in [-0.1, -0.05) is 30.3 Å². The second kappa shape index (κ2) is 10.9. The number of anilines is 1. The van der Waals surface area contributed by atoms with Gasteiger partial charge in [-0.2, -0.15) is 13.2 Å². The van der Waals surface area contributed by atoms with Crippen LogP contribution in [-0.4, -0.2) is 42.0 Å². The summed E-state index contributed by atoms with van der Waals surface area (Å²) < 4.78 is 51.4. The van der Waals surface area contributed by atoms with Crippen LogP contribution < -0.4 is 10.6 Å². The van der Waals surface area contributed by atoms with Gasteiger partial charge in [-0.05, 0) is 56.2 Å². The van der Waals surface area contributed by atoms with Crippen molar-refractivity contribution in [1.29, 1.82) is 0 Å². The van der Waals surface area contributed by atoms with E-state index in [0.29, 0.717) is 41.4 Å². The van der Waals surface area contributed by atoms with Crippen LogP contribution >= 0.6 is 0 Å². The van der Waals surface area contributed by atoms with Crippen LogP contribution in [0, 0.1) is 18.7 Å². The molecule has 184 valence electrons. The maximum absolute atomic E-state index is 14.2. The molecule has 0 radical (unpaired) electrons. The topological polar surface area (TPSA) is 87.7 Å². The van der Waals surface area contributed by atoms with Crippen LogP contribution in [0.2, 0.25) is 0 Å². The van der Waals surface area contributed by atoms with Crippen LogP contribution in [0.5, 0.6) is 0 Å². The summed E-state index contributed by atoms with van der Waals surface area (Å²) in [6.07, 6.45) is -0.988. The van der Waals surface area contributed by atoms with Crippen molar-refractivity contribution in [1.82, 2.24) is 5.32 Å². The number of halogens is 4. The number of carboxylic acids is 1. The van der Waals surface area contributed by atoms with Crippen LogP contribution in [0.1, 0.15) is 31.2 Å². The minimum Gasteiger partial charge on any atom is -0.475 e. The van der Waals surface area contributed by atoms with E-state index in [-0.39, 0.29) is 5.82 Å². The lowest BCUT2D eigenvalue weighted by Gasteiger charge is -2.28. The van der Waals surface area contributed by atoms with Gasteiger partial charge in [-0.15, -0.1) is 0 Å². The first-order valence-electron chi connectivity index (χ1n) is 10.9. The maximum atomic E-state index is 14.2. The molecule has 0 saturated carbocycles. The van der Waals surface area contributed by atoms with Gasteiger partial charge in [0.1, 0.15) is 5.82 Å². The normalized spacial score (nSPS) is 21.3. The first kappa shape index (κ1) is 25.5. The molecule has 4 rings (SSSR count). The molecular weight excluding hydrogens is 456 g/mol. The molecule has 0 aromatic heterocycles. The summed E-state index contributed by atoms with van der Waals surface area (Å²) in [6.45, 7) is 2.37. The summed E-state index contributed by atoms with van der Waals surface area (Å²) in [5, 5.41) is 13.5. The number of carbonyl (C=O) groups excluding carboxylic acids is 1. The number of aryl methyl sites for hydroxylation is 1. The molecule has 0 spiro atoms. The number of piperidine rings is 1. The highest BCUT2D eigenvalue weighted by Gasteiger charge is 2.38. The number of hydrogen-bond acceptors (Lipinski definition) is 4. The Hall–Kier alpha value is -3.14. The molecule has 2 saturated heterocycles. The summed E-state index contributed by atoms with van der Waals surface area (Å²) in [7, 11) is 0. The first-order chi connectivity index (χ1) is 16.0. The van der Waals surface area contributed by atoms with E-state index in [1.54, 1.807) is 18.2 Å². The fraction of sp³-hybridized carbons (Fsp3) is 0.417. The van der Waals surface area contributed by atoms with Crippen molar-refractivity contribution in [3.05, 3.63) is 53.8 Å². The van der Waals surface area contributed by atoms with E-state index in [1.165, 1.54) is 18.9 Å². The minimum atomic E-state index is -5.08. The van der Waals surface area contributed by atoms with Crippen LogP contribution in [0.25, 0.3) is 11.1 Å². The Labute approximate surface area is 194 Å². The molecule has 10 heteroatoms. The summed E-state index contributed by atoms with van der Waals surface area (Å²) >= 11 is 0. The summed E-state index contributed by atoms with van der Waals surface area (Å²) in [5.74, 6) is -2.66. The van der Waals surface area contributed by atoms with Crippen LogP contribution in [0.4, 0.5) is 28.0 Å². The van der Waals surface area contributed by atoms with Gasteiger partial charge < -0.3 is 15.2 Å². The number of carbonyl (C=O) groups is 2. The van der Waals surface area contributed by atoms with E-state index < -0.39 is 18.2 Å². The average molecular weight is 482 g/mol. The fourth-order valence-electron chi connectivity index (χ4n) is 4.33. The van der Waals surface area contributed by atoms with Crippen molar-refractivity contribution < 1.29 is 37.0 Å². The predicted molar refractivity (Wildman–Crippen MR) is 118 cm³/mol. The molecule has 3 N–H and O–H groups in total. The molecule has 0 aliphatic carbocycles. The Morgan fingerprint density at radius 2 is 1.71 bits per heavy atom. The Balaban J connectivity index is 0.000000406. The second-order valence-electron chi connectivity index (χ2n) is 8.53. The number of fused-ring (bicyclic) bond motifs is 2. The zero-order chi connectivity index (χ0) is 24.9. The fourth-order valence-corrected chi connectivity index (χ4v) is 4.33. The molecule has 2 aliphatic heterocycles. The largest absolute Gasteiger partial charge is 0.490 e. The molecule has 2 bridgehead atoms. The molecule has 2 aliphatic rings. The van der Waals surface area contributed by atoms with Gasteiger partial charge in [-0.3, -0.25) is 5.32 Å². The van der Waals surface area contributed by atoms with Crippen LogP contribution in [0.15, 0.2) is 42.5 Å². The van der Waals surface area contributed by atoms with Crippen LogP contribution in [-0.2, 0) is 9.53 Å². The van der Waals surface area contributed by atoms with Crippen molar-refractivity contribution in [3.8, 4) is 11.1 Å². The first-order valence-corrected chi connectivity index (χ1v) is 10.9. The molecular formula is C24H26F4N2O4. The Morgan fingerprint density at radius 3 is 2.29 bits per heavy atom. The number of benzene rings is 2. The molecule has 2 heterocycles. The van der Waals surface area contributed by atoms with E-state index in [2.05, 4.69) is 10.6 Å². The van der Waals surface area contributed by atoms with Gasteiger partial charge in [0.05, 0.1) is 12.3 Å². The number of carboxylic acid groups (broad SMARTS) is 1. The Morgan fingerprint density at radius 1 is 1.09 bits per heavy atom. The number of nitrogens with one attached hydrogen (secondary N) is 2. The van der Waals surface area contributed by atoms with Crippen molar-refractivity contribution >= 4 is 17.7 Å². The third kappa shape index (κ3) is 6.93.